The number of aromatic nitrogens is 1. The lowest BCUT2D eigenvalue weighted by atomic mass is 10.1. The number of anilines is 3. The molecule has 100 valence electrons. The summed E-state index contributed by atoms with van der Waals surface area (Å²) in [7, 11) is 0. The molecule has 3 aromatic rings. The van der Waals surface area contributed by atoms with Crippen LogP contribution in [-0.4, -0.2) is 4.98 Å². The third kappa shape index (κ3) is 2.30. The number of aryl methyl sites for hydroxylation is 1. The molecule has 3 rings (SSSR count). The number of fused-ring (bicyclic) bond motifs is 1. The van der Waals surface area contributed by atoms with Crippen LogP contribution in [0.2, 0.25) is 0 Å². The maximum absolute atomic E-state index is 5.71. The highest BCUT2D eigenvalue weighted by molar-refractivity contribution is 5.94. The van der Waals surface area contributed by atoms with Crippen LogP contribution in [-0.2, 0) is 6.42 Å². The third-order valence-electron chi connectivity index (χ3n) is 3.43. The van der Waals surface area contributed by atoms with E-state index in [2.05, 4.69) is 35.4 Å². The van der Waals surface area contributed by atoms with Crippen LogP contribution in [0.4, 0.5) is 17.1 Å². The predicted octanol–water partition coefficient (Wildman–Crippen LogP) is 4.12. The van der Waals surface area contributed by atoms with Gasteiger partial charge < -0.3 is 11.1 Å². The molecule has 20 heavy (non-hydrogen) atoms. The molecule has 0 spiro atoms. The molecule has 1 aromatic heterocycles. The number of benzene rings is 2. The van der Waals surface area contributed by atoms with Gasteiger partial charge in [0, 0.05) is 28.6 Å². The number of pyridine rings is 1. The second-order valence-corrected chi connectivity index (χ2v) is 4.77. The monoisotopic (exact) mass is 263 g/mol. The molecule has 3 nitrogen and oxygen atoms in total. The van der Waals surface area contributed by atoms with Crippen molar-refractivity contribution >= 4 is 28.0 Å². The highest BCUT2D eigenvalue weighted by atomic mass is 14.9. The van der Waals surface area contributed by atoms with E-state index >= 15 is 0 Å². The summed E-state index contributed by atoms with van der Waals surface area (Å²) in [5, 5.41) is 4.57. The minimum Gasteiger partial charge on any atom is -0.399 e. The number of nitrogen functional groups attached to an aromatic ring is 1. The van der Waals surface area contributed by atoms with Crippen molar-refractivity contribution in [2.45, 2.75) is 13.3 Å². The zero-order chi connectivity index (χ0) is 13.9. The summed E-state index contributed by atoms with van der Waals surface area (Å²) in [6, 6.07) is 16.0. The fourth-order valence-corrected chi connectivity index (χ4v) is 2.35. The lowest BCUT2D eigenvalue weighted by molar-refractivity contribution is 1.14. The Balaban J connectivity index is 2.05. The molecule has 0 radical (unpaired) electrons. The van der Waals surface area contributed by atoms with Gasteiger partial charge in [0.15, 0.2) is 0 Å². The van der Waals surface area contributed by atoms with E-state index in [0.717, 1.165) is 34.4 Å². The van der Waals surface area contributed by atoms with Crippen LogP contribution in [0, 0.1) is 0 Å². The third-order valence-corrected chi connectivity index (χ3v) is 3.43. The number of nitrogens with zero attached hydrogens (tertiary/aromatic N) is 1. The van der Waals surface area contributed by atoms with Crippen LogP contribution in [0.1, 0.15) is 12.5 Å². The van der Waals surface area contributed by atoms with E-state index in [0.29, 0.717) is 0 Å². The number of nitrogens with one attached hydrogen (secondary N) is 1. The summed E-state index contributed by atoms with van der Waals surface area (Å²) in [6.45, 7) is 2.15. The second-order valence-electron chi connectivity index (χ2n) is 4.77. The van der Waals surface area contributed by atoms with Crippen molar-refractivity contribution in [3.63, 3.8) is 0 Å². The first-order chi connectivity index (χ1) is 9.78. The van der Waals surface area contributed by atoms with Gasteiger partial charge in [-0.15, -0.1) is 0 Å². The summed E-state index contributed by atoms with van der Waals surface area (Å²) < 4.78 is 0. The molecule has 0 unspecified atom stereocenters. The van der Waals surface area contributed by atoms with Crippen molar-refractivity contribution in [1.29, 1.82) is 0 Å². The van der Waals surface area contributed by atoms with Gasteiger partial charge in [-0.05, 0) is 42.3 Å². The van der Waals surface area contributed by atoms with Crippen LogP contribution in [0.25, 0.3) is 10.9 Å². The maximum atomic E-state index is 5.71. The fourth-order valence-electron chi connectivity index (χ4n) is 2.35. The largest absolute Gasteiger partial charge is 0.399 e. The lowest BCUT2D eigenvalue weighted by Crippen LogP contribution is -1.95. The van der Waals surface area contributed by atoms with Crippen molar-refractivity contribution in [2.24, 2.45) is 0 Å². The van der Waals surface area contributed by atoms with Gasteiger partial charge in [-0.3, -0.25) is 4.98 Å². The summed E-state index contributed by atoms with van der Waals surface area (Å²) in [4.78, 5) is 4.51. The Morgan fingerprint density at radius 3 is 2.60 bits per heavy atom. The SMILES string of the molecule is CCc1cccc2c(Nc3ccc(N)cc3)ccnc12. The van der Waals surface area contributed by atoms with Gasteiger partial charge in [0.05, 0.1) is 5.52 Å². The van der Waals surface area contributed by atoms with E-state index in [4.69, 9.17) is 5.73 Å². The zero-order valence-electron chi connectivity index (χ0n) is 11.4. The van der Waals surface area contributed by atoms with Crippen molar-refractivity contribution < 1.29 is 0 Å². The first-order valence-corrected chi connectivity index (χ1v) is 6.77. The molecular formula is C17H17N3. The number of hydrogen-bond acceptors (Lipinski definition) is 3. The lowest BCUT2D eigenvalue weighted by Gasteiger charge is -2.11. The van der Waals surface area contributed by atoms with Gasteiger partial charge in [-0.1, -0.05) is 25.1 Å². The standard InChI is InChI=1S/C17H17N3/c1-2-12-4-3-5-15-16(10-11-19-17(12)15)20-14-8-6-13(18)7-9-14/h3-11H,2,18H2,1H3,(H,19,20). The smallest absolute Gasteiger partial charge is 0.0754 e. The van der Waals surface area contributed by atoms with Crippen molar-refractivity contribution in [3.05, 3.63) is 60.3 Å². The van der Waals surface area contributed by atoms with Gasteiger partial charge >= 0.3 is 0 Å². The molecule has 0 amide bonds. The molecule has 3 heteroatoms. The Labute approximate surface area is 118 Å². The van der Waals surface area contributed by atoms with Gasteiger partial charge in [0.2, 0.25) is 0 Å². The molecule has 3 N–H and O–H groups in total. The van der Waals surface area contributed by atoms with Gasteiger partial charge in [-0.25, -0.2) is 0 Å². The first-order valence-electron chi connectivity index (χ1n) is 6.77. The molecule has 0 aliphatic carbocycles. The van der Waals surface area contributed by atoms with Crippen LogP contribution in [0.15, 0.2) is 54.7 Å². The van der Waals surface area contributed by atoms with E-state index in [-0.39, 0.29) is 0 Å². The first kappa shape index (κ1) is 12.5. The minimum atomic E-state index is 0.767. The highest BCUT2D eigenvalue weighted by Crippen LogP contribution is 2.27. The fraction of sp³-hybridized carbons (Fsp3) is 0.118. The normalized spacial score (nSPS) is 10.7. The second kappa shape index (κ2) is 5.21. The van der Waals surface area contributed by atoms with Gasteiger partial charge in [-0.2, -0.15) is 0 Å². The molecular weight excluding hydrogens is 246 g/mol. The molecule has 0 fully saturated rings. The molecule has 2 aromatic carbocycles. The topological polar surface area (TPSA) is 50.9 Å². The van der Waals surface area contributed by atoms with Crippen molar-refractivity contribution in [3.8, 4) is 0 Å². The Kier molecular flexibility index (Phi) is 3.25. The van der Waals surface area contributed by atoms with Gasteiger partial charge in [0.25, 0.3) is 0 Å². The molecule has 0 bridgehead atoms. The van der Waals surface area contributed by atoms with E-state index in [1.807, 2.05) is 36.5 Å². The van der Waals surface area contributed by atoms with Crippen molar-refractivity contribution in [2.75, 3.05) is 11.1 Å². The molecule has 1 heterocycles. The maximum Gasteiger partial charge on any atom is 0.0754 e. The van der Waals surface area contributed by atoms with Crippen LogP contribution < -0.4 is 11.1 Å². The molecule has 0 atom stereocenters. The average molecular weight is 263 g/mol. The summed E-state index contributed by atoms with van der Waals surface area (Å²) in [5.41, 5.74) is 10.9. The molecule has 0 saturated carbocycles. The molecule has 0 saturated heterocycles. The number of para-hydroxylation sites is 1. The summed E-state index contributed by atoms with van der Waals surface area (Å²) in [6.07, 6.45) is 2.83. The summed E-state index contributed by atoms with van der Waals surface area (Å²) >= 11 is 0. The zero-order valence-corrected chi connectivity index (χ0v) is 11.4. The number of hydrogen-bond donors (Lipinski definition) is 2. The number of nitrogens with two attached hydrogens (primary N) is 1. The van der Waals surface area contributed by atoms with Crippen molar-refractivity contribution in [1.82, 2.24) is 4.98 Å². The van der Waals surface area contributed by atoms with E-state index in [1.54, 1.807) is 0 Å². The minimum absolute atomic E-state index is 0.767. The van der Waals surface area contributed by atoms with Crippen LogP contribution in [0.3, 0.4) is 0 Å². The van der Waals surface area contributed by atoms with E-state index in [1.165, 1.54) is 5.56 Å². The highest BCUT2D eigenvalue weighted by Gasteiger charge is 2.05. The Morgan fingerprint density at radius 1 is 1.05 bits per heavy atom. The quantitative estimate of drug-likeness (QED) is 0.699. The van der Waals surface area contributed by atoms with Crippen LogP contribution in [0.5, 0.6) is 0 Å². The summed E-state index contributed by atoms with van der Waals surface area (Å²) in [5.74, 6) is 0. The average Bonchev–Trinajstić information content (AvgIpc) is 2.49. The van der Waals surface area contributed by atoms with Gasteiger partial charge in [0.1, 0.15) is 0 Å². The molecule has 0 aliphatic heterocycles. The Bertz CT molecular complexity index is 733. The Hall–Kier alpha value is -2.55. The Morgan fingerprint density at radius 2 is 1.85 bits per heavy atom. The van der Waals surface area contributed by atoms with E-state index in [9.17, 15) is 0 Å². The van der Waals surface area contributed by atoms with Crippen LogP contribution >= 0.6 is 0 Å². The predicted molar refractivity (Wildman–Crippen MR) is 85.3 cm³/mol. The number of rotatable bonds is 3. The molecule has 0 aliphatic rings. The van der Waals surface area contributed by atoms with E-state index < -0.39 is 0 Å².